The minimum absolute atomic E-state index is 0.207. The lowest BCUT2D eigenvalue weighted by molar-refractivity contribution is -0.110. The number of fused-ring (bicyclic) bond motifs is 1. The van der Waals surface area contributed by atoms with Gasteiger partial charge in [-0.05, 0) is 55.9 Å². The molecule has 0 aliphatic carbocycles. The molecule has 4 rings (SSSR count). The molecule has 1 heterocycles. The van der Waals surface area contributed by atoms with Crippen molar-refractivity contribution in [1.82, 2.24) is 10.6 Å². The van der Waals surface area contributed by atoms with Crippen LogP contribution in [0.25, 0.3) is 11.3 Å². The average molecular weight is 534 g/mol. The molecular weight excluding hydrogens is 502 g/mol. The summed E-state index contributed by atoms with van der Waals surface area (Å²) in [5, 5.41) is 12.0. The highest BCUT2D eigenvalue weighted by Crippen LogP contribution is 2.38. The van der Waals surface area contributed by atoms with Crippen molar-refractivity contribution < 1.29 is 18.0 Å². The summed E-state index contributed by atoms with van der Waals surface area (Å²) in [6.45, 7) is 3.16. The maximum atomic E-state index is 13.2. The van der Waals surface area contributed by atoms with Gasteiger partial charge < -0.3 is 21.3 Å². The van der Waals surface area contributed by atoms with Crippen LogP contribution in [-0.2, 0) is 14.8 Å². The number of hydrogen-bond donors (Lipinski definition) is 4. The molecular formula is C28H31N5O4S. The Labute approximate surface area is 223 Å². The standard InChI is InChI=1S/C28H31N5O4S/c1-4-30-27(34)20-10-15-23-24(18-20)32-28(35)25(23)26(19-8-6-5-7-9-19)31-21-11-13-22(14-12-21)33(17-16-29-2)38(3,36)37/h5-15,18,29,31H,4,16-17H2,1-3H3,(H,30,34)(H,32,35)/b26-25-. The molecule has 198 valence electrons. The molecule has 0 unspecified atom stereocenters. The second-order valence-electron chi connectivity index (χ2n) is 8.80. The van der Waals surface area contributed by atoms with E-state index in [2.05, 4.69) is 21.3 Å². The maximum Gasteiger partial charge on any atom is 0.258 e. The SMILES string of the molecule is CCNC(=O)c1ccc2c(c1)NC(=O)/C2=C(\Nc1ccc(N(CCNC)S(C)(=O)=O)cc1)c1ccccc1. The van der Waals surface area contributed by atoms with E-state index in [-0.39, 0.29) is 11.8 Å². The van der Waals surface area contributed by atoms with Crippen LogP contribution in [0.2, 0.25) is 0 Å². The van der Waals surface area contributed by atoms with Gasteiger partial charge in [0.05, 0.1) is 23.2 Å². The normalized spacial score (nSPS) is 13.9. The molecule has 1 aliphatic rings. The summed E-state index contributed by atoms with van der Waals surface area (Å²) in [5.74, 6) is -0.493. The Morgan fingerprint density at radius 1 is 0.974 bits per heavy atom. The van der Waals surface area contributed by atoms with Crippen molar-refractivity contribution in [2.24, 2.45) is 0 Å². The van der Waals surface area contributed by atoms with Gasteiger partial charge in [0.1, 0.15) is 0 Å². The largest absolute Gasteiger partial charge is 0.354 e. The molecule has 10 heteroatoms. The van der Waals surface area contributed by atoms with Crippen LogP contribution in [-0.4, -0.2) is 53.2 Å². The number of nitrogens with zero attached hydrogens (tertiary/aromatic N) is 1. The van der Waals surface area contributed by atoms with E-state index < -0.39 is 10.0 Å². The second-order valence-corrected chi connectivity index (χ2v) is 10.7. The highest BCUT2D eigenvalue weighted by atomic mass is 32.2. The van der Waals surface area contributed by atoms with E-state index in [0.29, 0.717) is 59.1 Å². The number of sulfonamides is 1. The molecule has 4 N–H and O–H groups in total. The number of carbonyl (C=O) groups excluding carboxylic acids is 2. The smallest absolute Gasteiger partial charge is 0.258 e. The number of nitrogens with one attached hydrogen (secondary N) is 4. The summed E-state index contributed by atoms with van der Waals surface area (Å²) in [4.78, 5) is 25.5. The summed E-state index contributed by atoms with van der Waals surface area (Å²) in [7, 11) is -1.69. The zero-order chi connectivity index (χ0) is 27.3. The van der Waals surface area contributed by atoms with Gasteiger partial charge in [0.2, 0.25) is 10.0 Å². The van der Waals surface area contributed by atoms with E-state index in [9.17, 15) is 18.0 Å². The van der Waals surface area contributed by atoms with Crippen molar-refractivity contribution in [2.75, 3.05) is 47.9 Å². The van der Waals surface area contributed by atoms with Gasteiger partial charge in [-0.15, -0.1) is 0 Å². The number of likely N-dealkylation sites (N-methyl/N-ethyl adjacent to an activating group) is 1. The molecule has 3 aromatic carbocycles. The lowest BCUT2D eigenvalue weighted by Gasteiger charge is -2.23. The molecule has 0 bridgehead atoms. The molecule has 0 saturated carbocycles. The molecule has 2 amide bonds. The Hall–Kier alpha value is -4.15. The lowest BCUT2D eigenvalue weighted by Crippen LogP contribution is -2.35. The Bertz CT molecular complexity index is 1470. The van der Waals surface area contributed by atoms with Gasteiger partial charge in [-0.3, -0.25) is 13.9 Å². The van der Waals surface area contributed by atoms with Gasteiger partial charge in [0.15, 0.2) is 0 Å². The number of rotatable bonds is 10. The van der Waals surface area contributed by atoms with Crippen molar-refractivity contribution in [1.29, 1.82) is 0 Å². The number of benzene rings is 3. The third-order valence-corrected chi connectivity index (χ3v) is 7.26. The van der Waals surface area contributed by atoms with E-state index in [1.807, 2.05) is 37.3 Å². The molecule has 1 aliphatic heterocycles. The van der Waals surface area contributed by atoms with Crippen LogP contribution in [0, 0.1) is 0 Å². The van der Waals surface area contributed by atoms with Gasteiger partial charge in [0.25, 0.3) is 11.8 Å². The molecule has 3 aromatic rings. The minimum Gasteiger partial charge on any atom is -0.354 e. The van der Waals surface area contributed by atoms with Crippen molar-refractivity contribution in [3.8, 4) is 0 Å². The number of anilines is 3. The highest BCUT2D eigenvalue weighted by molar-refractivity contribution is 7.92. The minimum atomic E-state index is -3.45. The summed E-state index contributed by atoms with van der Waals surface area (Å²) in [6, 6.07) is 21.6. The van der Waals surface area contributed by atoms with Crippen LogP contribution in [0.5, 0.6) is 0 Å². The van der Waals surface area contributed by atoms with E-state index in [4.69, 9.17) is 0 Å². The van der Waals surface area contributed by atoms with Gasteiger partial charge in [-0.25, -0.2) is 8.42 Å². The van der Waals surface area contributed by atoms with Crippen LogP contribution in [0.1, 0.15) is 28.4 Å². The number of amides is 2. The average Bonchev–Trinajstić information content (AvgIpc) is 3.23. The summed E-state index contributed by atoms with van der Waals surface area (Å²) < 4.78 is 26.0. The van der Waals surface area contributed by atoms with Crippen LogP contribution < -0.4 is 25.6 Å². The van der Waals surface area contributed by atoms with E-state index in [0.717, 1.165) is 5.56 Å². The summed E-state index contributed by atoms with van der Waals surface area (Å²) >= 11 is 0. The van der Waals surface area contributed by atoms with Gasteiger partial charge in [0, 0.05) is 42.1 Å². The number of hydrogen-bond acceptors (Lipinski definition) is 6. The Morgan fingerprint density at radius 2 is 1.68 bits per heavy atom. The first-order valence-electron chi connectivity index (χ1n) is 12.3. The molecule has 0 aromatic heterocycles. The molecule has 0 saturated heterocycles. The monoisotopic (exact) mass is 533 g/mol. The Balaban J connectivity index is 1.73. The first kappa shape index (κ1) is 26.9. The summed E-state index contributed by atoms with van der Waals surface area (Å²) in [6.07, 6.45) is 1.18. The fourth-order valence-corrected chi connectivity index (χ4v) is 5.19. The Morgan fingerprint density at radius 3 is 2.32 bits per heavy atom. The van der Waals surface area contributed by atoms with Crippen LogP contribution >= 0.6 is 0 Å². The topological polar surface area (TPSA) is 120 Å². The number of carbonyl (C=O) groups is 2. The molecule has 38 heavy (non-hydrogen) atoms. The van der Waals surface area contributed by atoms with Gasteiger partial charge >= 0.3 is 0 Å². The van der Waals surface area contributed by atoms with Crippen molar-refractivity contribution in [3.05, 3.63) is 89.5 Å². The van der Waals surface area contributed by atoms with E-state index in [1.165, 1.54) is 10.6 Å². The predicted octanol–water partition coefficient (Wildman–Crippen LogP) is 3.35. The lowest BCUT2D eigenvalue weighted by atomic mass is 9.99. The third-order valence-electron chi connectivity index (χ3n) is 6.07. The maximum absolute atomic E-state index is 13.2. The molecule has 9 nitrogen and oxygen atoms in total. The van der Waals surface area contributed by atoms with Crippen LogP contribution in [0.3, 0.4) is 0 Å². The molecule has 0 spiro atoms. The molecule has 0 fully saturated rings. The Kier molecular flexibility index (Phi) is 8.13. The zero-order valence-electron chi connectivity index (χ0n) is 21.5. The quantitative estimate of drug-likeness (QED) is 0.297. The van der Waals surface area contributed by atoms with Gasteiger partial charge in [-0.2, -0.15) is 0 Å². The predicted molar refractivity (Wildman–Crippen MR) is 153 cm³/mol. The van der Waals surface area contributed by atoms with Gasteiger partial charge in [-0.1, -0.05) is 36.4 Å². The molecule has 0 radical (unpaired) electrons. The van der Waals surface area contributed by atoms with Crippen molar-refractivity contribution in [3.63, 3.8) is 0 Å². The third kappa shape index (κ3) is 5.87. The highest BCUT2D eigenvalue weighted by Gasteiger charge is 2.29. The molecule has 0 atom stereocenters. The van der Waals surface area contributed by atoms with Crippen molar-refractivity contribution in [2.45, 2.75) is 6.92 Å². The second kappa shape index (κ2) is 11.5. The van der Waals surface area contributed by atoms with E-state index >= 15 is 0 Å². The first-order chi connectivity index (χ1) is 18.2. The first-order valence-corrected chi connectivity index (χ1v) is 14.1. The fourth-order valence-electron chi connectivity index (χ4n) is 4.26. The fraction of sp³-hybridized carbons (Fsp3) is 0.214. The van der Waals surface area contributed by atoms with Crippen molar-refractivity contribution >= 4 is 50.2 Å². The van der Waals surface area contributed by atoms with Crippen LogP contribution in [0.15, 0.2) is 72.8 Å². The van der Waals surface area contributed by atoms with E-state index in [1.54, 1.807) is 49.5 Å². The summed E-state index contributed by atoms with van der Waals surface area (Å²) in [5.41, 5.74) is 4.78. The zero-order valence-corrected chi connectivity index (χ0v) is 22.4. The van der Waals surface area contributed by atoms with Crippen LogP contribution in [0.4, 0.5) is 17.1 Å².